The number of anilines is 2. The molecule has 2 N–H and O–H groups in total. The summed E-state index contributed by atoms with van der Waals surface area (Å²) in [6.07, 6.45) is 2.11. The minimum absolute atomic E-state index is 0.0986. The second-order valence-electron chi connectivity index (χ2n) is 5.77. The Morgan fingerprint density at radius 2 is 2.04 bits per heavy atom. The van der Waals surface area contributed by atoms with E-state index in [2.05, 4.69) is 14.8 Å². The summed E-state index contributed by atoms with van der Waals surface area (Å²) in [6, 6.07) is 6.18. The van der Waals surface area contributed by atoms with E-state index >= 15 is 0 Å². The molecule has 1 aliphatic rings. The number of nitrogens with one attached hydrogen (secondary N) is 2. The van der Waals surface area contributed by atoms with Crippen LogP contribution in [0.3, 0.4) is 0 Å². The predicted molar refractivity (Wildman–Crippen MR) is 90.2 cm³/mol. The maximum absolute atomic E-state index is 12.3. The van der Waals surface area contributed by atoms with Gasteiger partial charge in [0, 0.05) is 18.8 Å². The third-order valence-corrected chi connectivity index (χ3v) is 4.28. The van der Waals surface area contributed by atoms with Gasteiger partial charge in [-0.05, 0) is 30.5 Å². The smallest absolute Gasteiger partial charge is 0.321 e. The standard InChI is InChI=1S/C15H21N3O5S/c1-23-14(19)8-11-6-7-18(10-11)15(20)16-12-4-3-5-13(9-12)17-24(2,21)22/h3-5,9,11,17H,6-8,10H2,1-2H3,(H,16,20)/t11-/m0/s1. The van der Waals surface area contributed by atoms with Gasteiger partial charge in [-0.1, -0.05) is 6.07 Å². The van der Waals surface area contributed by atoms with E-state index in [1.807, 2.05) is 0 Å². The van der Waals surface area contributed by atoms with E-state index in [1.165, 1.54) is 7.11 Å². The number of carbonyl (C=O) groups excluding carboxylic acids is 2. The van der Waals surface area contributed by atoms with Crippen LogP contribution in [0.4, 0.5) is 16.2 Å². The first-order valence-electron chi connectivity index (χ1n) is 7.47. The first kappa shape index (κ1) is 18.1. The Labute approximate surface area is 141 Å². The molecule has 0 aromatic heterocycles. The highest BCUT2D eigenvalue weighted by atomic mass is 32.2. The highest BCUT2D eigenvalue weighted by Gasteiger charge is 2.28. The van der Waals surface area contributed by atoms with E-state index < -0.39 is 10.0 Å². The molecular formula is C15H21N3O5S. The van der Waals surface area contributed by atoms with Crippen molar-refractivity contribution in [3.8, 4) is 0 Å². The molecule has 0 radical (unpaired) electrons. The van der Waals surface area contributed by atoms with Gasteiger partial charge in [0.1, 0.15) is 0 Å². The predicted octanol–water partition coefficient (Wildman–Crippen LogP) is 1.47. The molecule has 0 aliphatic carbocycles. The summed E-state index contributed by atoms with van der Waals surface area (Å²) in [6.45, 7) is 1.05. The van der Waals surface area contributed by atoms with Crippen LogP contribution < -0.4 is 10.0 Å². The van der Waals surface area contributed by atoms with Crippen LogP contribution in [-0.4, -0.2) is 51.8 Å². The summed E-state index contributed by atoms with van der Waals surface area (Å²) >= 11 is 0. The van der Waals surface area contributed by atoms with Crippen molar-refractivity contribution in [3.05, 3.63) is 24.3 Å². The van der Waals surface area contributed by atoms with Gasteiger partial charge in [0.2, 0.25) is 10.0 Å². The zero-order valence-electron chi connectivity index (χ0n) is 13.6. The molecule has 24 heavy (non-hydrogen) atoms. The summed E-state index contributed by atoms with van der Waals surface area (Å²) in [5.74, 6) is -0.178. The second-order valence-corrected chi connectivity index (χ2v) is 7.51. The van der Waals surface area contributed by atoms with Gasteiger partial charge >= 0.3 is 12.0 Å². The maximum atomic E-state index is 12.3. The molecule has 1 fully saturated rings. The molecule has 132 valence electrons. The fourth-order valence-electron chi connectivity index (χ4n) is 2.58. The van der Waals surface area contributed by atoms with Crippen molar-refractivity contribution in [1.29, 1.82) is 0 Å². The van der Waals surface area contributed by atoms with E-state index in [-0.39, 0.29) is 17.9 Å². The average molecular weight is 355 g/mol. The lowest BCUT2D eigenvalue weighted by Gasteiger charge is -2.17. The quantitative estimate of drug-likeness (QED) is 0.778. The van der Waals surface area contributed by atoms with Crippen molar-refractivity contribution in [2.24, 2.45) is 5.92 Å². The molecule has 0 bridgehead atoms. The van der Waals surface area contributed by atoms with Crippen LogP contribution in [0.2, 0.25) is 0 Å². The normalized spacial score (nSPS) is 17.4. The van der Waals surface area contributed by atoms with Crippen LogP contribution in [-0.2, 0) is 19.6 Å². The number of esters is 1. The minimum atomic E-state index is -3.38. The number of hydrogen-bond acceptors (Lipinski definition) is 5. The number of carbonyl (C=O) groups is 2. The molecule has 1 atom stereocenters. The molecule has 1 heterocycles. The summed E-state index contributed by atoms with van der Waals surface area (Å²) < 4.78 is 29.5. The Morgan fingerprint density at radius 3 is 2.71 bits per heavy atom. The maximum Gasteiger partial charge on any atom is 0.321 e. The number of sulfonamides is 1. The Bertz CT molecular complexity index is 720. The Morgan fingerprint density at radius 1 is 1.33 bits per heavy atom. The summed E-state index contributed by atoms with van der Waals surface area (Å²) in [5.41, 5.74) is 0.866. The molecular weight excluding hydrogens is 334 g/mol. The number of nitrogens with zero attached hydrogens (tertiary/aromatic N) is 1. The van der Waals surface area contributed by atoms with Crippen molar-refractivity contribution in [2.45, 2.75) is 12.8 Å². The zero-order valence-corrected chi connectivity index (χ0v) is 14.4. The third kappa shape index (κ3) is 5.41. The molecule has 0 spiro atoms. The van der Waals surface area contributed by atoms with E-state index in [9.17, 15) is 18.0 Å². The van der Waals surface area contributed by atoms with Crippen LogP contribution in [0.5, 0.6) is 0 Å². The number of likely N-dealkylation sites (tertiary alicyclic amines) is 1. The topological polar surface area (TPSA) is 105 Å². The Balaban J connectivity index is 1.93. The average Bonchev–Trinajstić information content (AvgIpc) is 2.94. The number of hydrogen-bond donors (Lipinski definition) is 2. The van der Waals surface area contributed by atoms with Crippen LogP contribution >= 0.6 is 0 Å². The first-order valence-corrected chi connectivity index (χ1v) is 9.36. The molecule has 1 aromatic rings. The van der Waals surface area contributed by atoms with Gasteiger partial charge in [-0.25, -0.2) is 13.2 Å². The largest absolute Gasteiger partial charge is 0.469 e. The summed E-state index contributed by atoms with van der Waals surface area (Å²) in [5, 5.41) is 2.73. The number of rotatable bonds is 5. The van der Waals surface area contributed by atoms with Crippen LogP contribution in [0.25, 0.3) is 0 Å². The Kier molecular flexibility index (Phi) is 5.66. The first-order chi connectivity index (χ1) is 11.3. The molecule has 2 amide bonds. The van der Waals surface area contributed by atoms with Crippen molar-refractivity contribution in [2.75, 3.05) is 36.5 Å². The molecule has 1 aliphatic heterocycles. The van der Waals surface area contributed by atoms with E-state index in [1.54, 1.807) is 29.2 Å². The highest BCUT2D eigenvalue weighted by Crippen LogP contribution is 2.22. The van der Waals surface area contributed by atoms with Crippen molar-refractivity contribution < 1.29 is 22.7 Å². The summed E-state index contributed by atoms with van der Waals surface area (Å²) in [7, 11) is -2.03. The molecule has 1 aromatic carbocycles. The SMILES string of the molecule is COC(=O)C[C@@H]1CCN(C(=O)Nc2cccc(NS(C)(=O)=O)c2)C1. The van der Waals surface area contributed by atoms with Gasteiger partial charge < -0.3 is 15.0 Å². The number of urea groups is 1. The Hall–Kier alpha value is -2.29. The van der Waals surface area contributed by atoms with E-state index in [0.717, 1.165) is 12.7 Å². The number of benzene rings is 1. The van der Waals surface area contributed by atoms with Crippen LogP contribution in [0.1, 0.15) is 12.8 Å². The fourth-order valence-corrected chi connectivity index (χ4v) is 3.13. The van der Waals surface area contributed by atoms with Gasteiger partial charge in [0.05, 0.1) is 25.5 Å². The van der Waals surface area contributed by atoms with Crippen LogP contribution in [0.15, 0.2) is 24.3 Å². The lowest BCUT2D eigenvalue weighted by atomic mass is 10.1. The third-order valence-electron chi connectivity index (χ3n) is 3.67. The van der Waals surface area contributed by atoms with E-state index in [0.29, 0.717) is 30.9 Å². The number of amides is 2. The van der Waals surface area contributed by atoms with E-state index in [4.69, 9.17) is 0 Å². The van der Waals surface area contributed by atoms with Gasteiger partial charge in [-0.15, -0.1) is 0 Å². The highest BCUT2D eigenvalue weighted by molar-refractivity contribution is 7.92. The zero-order chi connectivity index (χ0) is 17.7. The molecule has 2 rings (SSSR count). The van der Waals surface area contributed by atoms with Gasteiger partial charge in [0.25, 0.3) is 0 Å². The lowest BCUT2D eigenvalue weighted by Crippen LogP contribution is -2.33. The van der Waals surface area contributed by atoms with Crippen molar-refractivity contribution in [1.82, 2.24) is 4.90 Å². The summed E-state index contributed by atoms with van der Waals surface area (Å²) in [4.78, 5) is 25.2. The second kappa shape index (κ2) is 7.52. The molecule has 9 heteroatoms. The molecule has 0 unspecified atom stereocenters. The van der Waals surface area contributed by atoms with Gasteiger partial charge in [-0.3, -0.25) is 9.52 Å². The van der Waals surface area contributed by atoms with Crippen molar-refractivity contribution >= 4 is 33.4 Å². The monoisotopic (exact) mass is 355 g/mol. The van der Waals surface area contributed by atoms with Crippen LogP contribution in [0, 0.1) is 5.92 Å². The molecule has 8 nitrogen and oxygen atoms in total. The minimum Gasteiger partial charge on any atom is -0.469 e. The fraction of sp³-hybridized carbons (Fsp3) is 0.467. The lowest BCUT2D eigenvalue weighted by molar-refractivity contribution is -0.141. The van der Waals surface area contributed by atoms with Crippen molar-refractivity contribution in [3.63, 3.8) is 0 Å². The number of methoxy groups -OCH3 is 1. The molecule has 0 saturated carbocycles. The number of ether oxygens (including phenoxy) is 1. The molecule has 1 saturated heterocycles. The van der Waals surface area contributed by atoms with Gasteiger partial charge in [-0.2, -0.15) is 0 Å². The van der Waals surface area contributed by atoms with Gasteiger partial charge in [0.15, 0.2) is 0 Å².